The summed E-state index contributed by atoms with van der Waals surface area (Å²) in [5.41, 5.74) is 0.921. The minimum Gasteiger partial charge on any atom is -0.486 e. The molecular formula is C18H21N3O4. The number of ether oxygens (including phenoxy) is 2. The number of benzene rings is 1. The van der Waals surface area contributed by atoms with Crippen molar-refractivity contribution in [2.75, 3.05) is 19.8 Å². The van der Waals surface area contributed by atoms with E-state index >= 15 is 0 Å². The molecule has 1 aromatic heterocycles. The molecule has 0 bridgehead atoms. The molecule has 0 aliphatic carbocycles. The Balaban J connectivity index is 1.55. The number of nitrogens with zero attached hydrogens (tertiary/aromatic N) is 3. The minimum absolute atomic E-state index is 0.0710. The number of hydrogen-bond donors (Lipinski definition) is 0. The van der Waals surface area contributed by atoms with Gasteiger partial charge in [-0.3, -0.25) is 4.79 Å². The fourth-order valence-corrected chi connectivity index (χ4v) is 3.47. The van der Waals surface area contributed by atoms with Gasteiger partial charge in [-0.1, -0.05) is 11.2 Å². The Hall–Kier alpha value is -2.57. The Labute approximate surface area is 145 Å². The van der Waals surface area contributed by atoms with Crippen LogP contribution >= 0.6 is 0 Å². The molecule has 0 N–H and O–H groups in total. The van der Waals surface area contributed by atoms with E-state index in [0.717, 1.165) is 24.2 Å². The molecule has 7 heteroatoms. The summed E-state index contributed by atoms with van der Waals surface area (Å²) in [6, 6.07) is 5.60. The van der Waals surface area contributed by atoms with Crippen LogP contribution in [0.4, 0.5) is 0 Å². The lowest BCUT2D eigenvalue weighted by molar-refractivity contribution is -0.133. The van der Waals surface area contributed by atoms with Crippen molar-refractivity contribution < 1.29 is 18.8 Å². The van der Waals surface area contributed by atoms with Crippen LogP contribution in [-0.2, 0) is 4.79 Å². The van der Waals surface area contributed by atoms with Crippen molar-refractivity contribution in [1.29, 1.82) is 0 Å². The van der Waals surface area contributed by atoms with Crippen LogP contribution in [0.15, 0.2) is 22.7 Å². The first-order valence-electron chi connectivity index (χ1n) is 8.63. The second-order valence-electron chi connectivity index (χ2n) is 6.49. The van der Waals surface area contributed by atoms with Crippen molar-refractivity contribution in [3.8, 4) is 11.5 Å². The fraction of sp³-hybridized carbons (Fsp3) is 0.500. The van der Waals surface area contributed by atoms with E-state index in [9.17, 15) is 4.79 Å². The summed E-state index contributed by atoms with van der Waals surface area (Å²) in [6.45, 7) is 5.48. The zero-order valence-electron chi connectivity index (χ0n) is 14.4. The standard InChI is InChI=1S/C18H21N3O4/c1-11(13-5-6-15-16(10-13)24-9-8-23-15)18(22)21-7-3-4-14(21)17-19-12(2)25-20-17/h5-6,10-11,14H,3-4,7-9H2,1-2H3. The molecule has 4 rings (SSSR count). The summed E-state index contributed by atoms with van der Waals surface area (Å²) in [6.07, 6.45) is 1.80. The second-order valence-corrected chi connectivity index (χ2v) is 6.49. The van der Waals surface area contributed by atoms with Gasteiger partial charge in [0.25, 0.3) is 0 Å². The van der Waals surface area contributed by atoms with Gasteiger partial charge in [0.1, 0.15) is 13.2 Å². The summed E-state index contributed by atoms with van der Waals surface area (Å²) in [7, 11) is 0. The second kappa shape index (κ2) is 6.38. The van der Waals surface area contributed by atoms with Crippen molar-refractivity contribution in [3.05, 3.63) is 35.5 Å². The summed E-state index contributed by atoms with van der Waals surface area (Å²) in [4.78, 5) is 19.2. The summed E-state index contributed by atoms with van der Waals surface area (Å²) in [5, 5.41) is 4.00. The fourth-order valence-electron chi connectivity index (χ4n) is 3.47. The van der Waals surface area contributed by atoms with Crippen LogP contribution in [0.1, 0.15) is 49.0 Å². The maximum absolute atomic E-state index is 13.1. The Morgan fingerprint density at radius 2 is 2.08 bits per heavy atom. The van der Waals surface area contributed by atoms with E-state index in [-0.39, 0.29) is 17.9 Å². The zero-order valence-corrected chi connectivity index (χ0v) is 14.4. The molecule has 1 fully saturated rings. The normalized spacial score (nSPS) is 20.6. The highest BCUT2D eigenvalue weighted by Gasteiger charge is 2.35. The van der Waals surface area contributed by atoms with E-state index in [1.54, 1.807) is 6.92 Å². The van der Waals surface area contributed by atoms with E-state index in [0.29, 0.717) is 37.2 Å². The van der Waals surface area contributed by atoms with Crippen LogP contribution in [0.3, 0.4) is 0 Å². The first-order valence-corrected chi connectivity index (χ1v) is 8.63. The number of fused-ring (bicyclic) bond motifs is 1. The Morgan fingerprint density at radius 1 is 1.28 bits per heavy atom. The van der Waals surface area contributed by atoms with Gasteiger partial charge in [-0.25, -0.2) is 0 Å². The summed E-state index contributed by atoms with van der Waals surface area (Å²) >= 11 is 0. The lowest BCUT2D eigenvalue weighted by atomic mass is 9.98. The van der Waals surface area contributed by atoms with Crippen LogP contribution in [0.2, 0.25) is 0 Å². The smallest absolute Gasteiger partial charge is 0.230 e. The van der Waals surface area contributed by atoms with Crippen molar-refractivity contribution in [1.82, 2.24) is 15.0 Å². The van der Waals surface area contributed by atoms with Crippen molar-refractivity contribution >= 4 is 5.91 Å². The molecule has 2 aromatic rings. The van der Waals surface area contributed by atoms with Crippen LogP contribution in [0.25, 0.3) is 0 Å². The maximum atomic E-state index is 13.1. The van der Waals surface area contributed by atoms with Crippen molar-refractivity contribution in [3.63, 3.8) is 0 Å². The number of carbonyl (C=O) groups excluding carboxylic acids is 1. The van der Waals surface area contributed by atoms with E-state index in [2.05, 4.69) is 10.1 Å². The highest BCUT2D eigenvalue weighted by Crippen LogP contribution is 2.36. The molecule has 1 saturated heterocycles. The number of rotatable bonds is 3. The SMILES string of the molecule is Cc1nc(C2CCCN2C(=O)C(C)c2ccc3c(c2)OCCO3)no1. The first-order chi connectivity index (χ1) is 12.1. The van der Waals surface area contributed by atoms with Crippen molar-refractivity contribution in [2.24, 2.45) is 0 Å². The Kier molecular flexibility index (Phi) is 4.07. The number of likely N-dealkylation sites (tertiary alicyclic amines) is 1. The molecule has 132 valence electrons. The van der Waals surface area contributed by atoms with E-state index < -0.39 is 0 Å². The molecule has 1 aromatic carbocycles. The highest BCUT2D eigenvalue weighted by molar-refractivity contribution is 5.84. The molecule has 25 heavy (non-hydrogen) atoms. The Bertz CT molecular complexity index is 788. The average Bonchev–Trinajstić information content (AvgIpc) is 3.28. The number of amides is 1. The van der Waals surface area contributed by atoms with Gasteiger partial charge in [-0.15, -0.1) is 0 Å². The van der Waals surface area contributed by atoms with Gasteiger partial charge in [-0.2, -0.15) is 4.98 Å². The monoisotopic (exact) mass is 343 g/mol. The lowest BCUT2D eigenvalue weighted by Gasteiger charge is -2.26. The molecule has 2 unspecified atom stereocenters. The Morgan fingerprint density at radius 3 is 2.84 bits per heavy atom. The van der Waals surface area contributed by atoms with Crippen LogP contribution in [0.5, 0.6) is 11.5 Å². The minimum atomic E-state index is -0.274. The molecule has 3 heterocycles. The predicted molar refractivity (Wildman–Crippen MR) is 88.6 cm³/mol. The third-order valence-corrected chi connectivity index (χ3v) is 4.81. The molecule has 1 amide bonds. The number of aryl methyl sites for hydroxylation is 1. The average molecular weight is 343 g/mol. The topological polar surface area (TPSA) is 77.7 Å². The molecule has 0 spiro atoms. The highest BCUT2D eigenvalue weighted by atomic mass is 16.6. The zero-order chi connectivity index (χ0) is 17.4. The van der Waals surface area contributed by atoms with Crippen LogP contribution < -0.4 is 9.47 Å². The van der Waals surface area contributed by atoms with Gasteiger partial charge in [0.05, 0.1) is 12.0 Å². The molecule has 0 saturated carbocycles. The van der Waals surface area contributed by atoms with Gasteiger partial charge >= 0.3 is 0 Å². The van der Waals surface area contributed by atoms with Crippen molar-refractivity contribution in [2.45, 2.75) is 38.6 Å². The molecule has 2 aliphatic heterocycles. The lowest BCUT2D eigenvalue weighted by Crippen LogP contribution is -2.34. The molecule has 2 atom stereocenters. The van der Waals surface area contributed by atoms with Gasteiger partial charge < -0.3 is 18.9 Å². The largest absolute Gasteiger partial charge is 0.486 e. The summed E-state index contributed by atoms with van der Waals surface area (Å²) in [5.74, 6) is 2.35. The third kappa shape index (κ3) is 2.94. The van der Waals surface area contributed by atoms with Gasteiger partial charge in [0, 0.05) is 13.5 Å². The maximum Gasteiger partial charge on any atom is 0.230 e. The number of hydrogen-bond acceptors (Lipinski definition) is 6. The molecular weight excluding hydrogens is 322 g/mol. The number of carbonyl (C=O) groups is 1. The molecule has 2 aliphatic rings. The van der Waals surface area contributed by atoms with Gasteiger partial charge in [-0.05, 0) is 37.5 Å². The van der Waals surface area contributed by atoms with Gasteiger partial charge in [0.2, 0.25) is 11.8 Å². The van der Waals surface area contributed by atoms with E-state index in [1.165, 1.54) is 0 Å². The predicted octanol–water partition coefficient (Wildman–Crippen LogP) is 2.62. The first kappa shape index (κ1) is 15.9. The van der Waals surface area contributed by atoms with E-state index in [4.69, 9.17) is 14.0 Å². The van der Waals surface area contributed by atoms with E-state index in [1.807, 2.05) is 30.0 Å². The third-order valence-electron chi connectivity index (χ3n) is 4.81. The summed E-state index contributed by atoms with van der Waals surface area (Å²) < 4.78 is 16.3. The molecule has 0 radical (unpaired) electrons. The number of aromatic nitrogens is 2. The molecule has 7 nitrogen and oxygen atoms in total. The van der Waals surface area contributed by atoms with Gasteiger partial charge in [0.15, 0.2) is 17.3 Å². The van der Waals surface area contributed by atoms with Crippen LogP contribution in [0, 0.1) is 6.92 Å². The van der Waals surface area contributed by atoms with Crippen LogP contribution in [-0.4, -0.2) is 40.7 Å². The quantitative estimate of drug-likeness (QED) is 0.852.